The fraction of sp³-hybridized carbons (Fsp3) is 0.130. The van der Waals surface area contributed by atoms with Crippen LogP contribution in [0, 0.1) is 0 Å². The highest BCUT2D eigenvalue weighted by Gasteiger charge is 2.21. The van der Waals surface area contributed by atoms with Gasteiger partial charge in [0.05, 0.1) is 6.42 Å². The standard InChI is InChI=1S/C23H24N2O2/c1-4-5-8-13-19(23(27)25(3)21-16-11-7-12-17-21)18-22(26)24(2)20-14-9-6-10-15-20/h4-17H,1,18H2,2-3H3/b8-5-,19-13+. The first-order chi connectivity index (χ1) is 13.0. The van der Waals surface area contributed by atoms with Gasteiger partial charge >= 0.3 is 0 Å². The van der Waals surface area contributed by atoms with Gasteiger partial charge in [0.1, 0.15) is 0 Å². The number of carbonyl (C=O) groups excluding carboxylic acids is 2. The molecule has 4 nitrogen and oxygen atoms in total. The highest BCUT2D eigenvalue weighted by atomic mass is 16.2. The Morgan fingerprint density at radius 1 is 0.852 bits per heavy atom. The average molecular weight is 360 g/mol. The second-order valence-electron chi connectivity index (χ2n) is 5.98. The van der Waals surface area contributed by atoms with Crippen molar-refractivity contribution in [1.29, 1.82) is 0 Å². The van der Waals surface area contributed by atoms with Crippen LogP contribution in [0.5, 0.6) is 0 Å². The van der Waals surface area contributed by atoms with E-state index in [0.29, 0.717) is 5.57 Å². The van der Waals surface area contributed by atoms with Crippen LogP contribution in [0.1, 0.15) is 6.42 Å². The number of nitrogens with zero attached hydrogens (tertiary/aromatic N) is 2. The largest absolute Gasteiger partial charge is 0.315 e. The summed E-state index contributed by atoms with van der Waals surface area (Å²) in [7, 11) is 3.41. The molecule has 0 unspecified atom stereocenters. The first kappa shape index (κ1) is 19.9. The number of hydrogen-bond acceptors (Lipinski definition) is 2. The highest BCUT2D eigenvalue weighted by Crippen LogP contribution is 2.18. The normalized spacial score (nSPS) is 11.3. The molecule has 0 aliphatic carbocycles. The number of rotatable bonds is 7. The van der Waals surface area contributed by atoms with Crippen LogP contribution >= 0.6 is 0 Å². The van der Waals surface area contributed by atoms with E-state index in [4.69, 9.17) is 0 Å². The molecule has 0 aliphatic rings. The maximum absolute atomic E-state index is 13.0. The Morgan fingerprint density at radius 2 is 1.37 bits per heavy atom. The summed E-state index contributed by atoms with van der Waals surface area (Å²) in [6.45, 7) is 3.63. The predicted octanol–water partition coefficient (Wildman–Crippen LogP) is 4.37. The SMILES string of the molecule is C=C/C=C\C=C(/CC(=O)N(C)c1ccccc1)C(=O)N(C)c1ccccc1. The number of para-hydroxylation sites is 2. The van der Waals surface area contributed by atoms with Crippen molar-refractivity contribution >= 4 is 23.2 Å². The van der Waals surface area contributed by atoms with Gasteiger partial charge in [0.15, 0.2) is 0 Å². The maximum Gasteiger partial charge on any atom is 0.254 e. The van der Waals surface area contributed by atoms with Gasteiger partial charge < -0.3 is 9.80 Å². The summed E-state index contributed by atoms with van der Waals surface area (Å²) in [6, 6.07) is 18.7. The lowest BCUT2D eigenvalue weighted by Crippen LogP contribution is -2.32. The van der Waals surface area contributed by atoms with Crippen molar-refractivity contribution in [1.82, 2.24) is 0 Å². The molecular weight excluding hydrogens is 336 g/mol. The van der Waals surface area contributed by atoms with Crippen molar-refractivity contribution in [3.63, 3.8) is 0 Å². The molecular formula is C23H24N2O2. The first-order valence-electron chi connectivity index (χ1n) is 8.67. The van der Waals surface area contributed by atoms with Gasteiger partial charge in [-0.1, -0.05) is 67.3 Å². The summed E-state index contributed by atoms with van der Waals surface area (Å²) in [5.41, 5.74) is 1.96. The van der Waals surface area contributed by atoms with Gasteiger partial charge in [0.25, 0.3) is 5.91 Å². The lowest BCUT2D eigenvalue weighted by molar-refractivity contribution is -0.120. The van der Waals surface area contributed by atoms with Crippen LogP contribution in [0.3, 0.4) is 0 Å². The van der Waals surface area contributed by atoms with Crippen LogP contribution in [-0.4, -0.2) is 25.9 Å². The Kier molecular flexibility index (Phi) is 7.32. The number of benzene rings is 2. The molecule has 2 amide bonds. The zero-order chi connectivity index (χ0) is 19.6. The lowest BCUT2D eigenvalue weighted by atomic mass is 10.1. The molecule has 138 valence electrons. The molecule has 0 saturated heterocycles. The van der Waals surface area contributed by atoms with Crippen molar-refractivity contribution in [2.45, 2.75) is 6.42 Å². The number of anilines is 2. The number of hydrogen-bond donors (Lipinski definition) is 0. The second kappa shape index (κ2) is 9.92. The Balaban J connectivity index is 2.22. The van der Waals surface area contributed by atoms with E-state index in [1.807, 2.05) is 60.7 Å². The van der Waals surface area contributed by atoms with Crippen LogP contribution in [0.15, 0.2) is 97.1 Å². The molecule has 0 N–H and O–H groups in total. The van der Waals surface area contributed by atoms with Crippen LogP contribution in [0.2, 0.25) is 0 Å². The minimum absolute atomic E-state index is 0.00286. The van der Waals surface area contributed by atoms with Gasteiger partial charge in [-0.3, -0.25) is 9.59 Å². The number of amides is 2. The van der Waals surface area contributed by atoms with Crippen molar-refractivity contribution in [2.24, 2.45) is 0 Å². The Hall–Kier alpha value is -3.40. The van der Waals surface area contributed by atoms with E-state index in [2.05, 4.69) is 6.58 Å². The molecule has 0 aliphatic heterocycles. The zero-order valence-corrected chi connectivity index (χ0v) is 15.7. The third kappa shape index (κ3) is 5.54. The van der Waals surface area contributed by atoms with Crippen molar-refractivity contribution in [3.8, 4) is 0 Å². The molecule has 0 bridgehead atoms. The van der Waals surface area contributed by atoms with E-state index in [1.54, 1.807) is 48.2 Å². The van der Waals surface area contributed by atoms with E-state index in [0.717, 1.165) is 11.4 Å². The maximum atomic E-state index is 13.0. The van der Waals surface area contributed by atoms with Gasteiger partial charge in [-0.05, 0) is 24.3 Å². The molecule has 2 aromatic rings. The second-order valence-corrected chi connectivity index (χ2v) is 5.98. The molecule has 4 heteroatoms. The molecule has 0 radical (unpaired) electrons. The van der Waals surface area contributed by atoms with E-state index in [1.165, 1.54) is 0 Å². The van der Waals surface area contributed by atoms with Crippen LogP contribution in [-0.2, 0) is 9.59 Å². The van der Waals surface area contributed by atoms with Gasteiger partial charge in [-0.25, -0.2) is 0 Å². The van der Waals surface area contributed by atoms with E-state index >= 15 is 0 Å². The summed E-state index contributed by atoms with van der Waals surface area (Å²) in [6.07, 6.45) is 6.73. The van der Waals surface area contributed by atoms with Gasteiger partial charge in [-0.15, -0.1) is 0 Å². The van der Waals surface area contributed by atoms with Crippen molar-refractivity contribution < 1.29 is 9.59 Å². The third-order valence-electron chi connectivity index (χ3n) is 4.13. The molecule has 0 fully saturated rings. The minimum atomic E-state index is -0.218. The summed E-state index contributed by atoms with van der Waals surface area (Å²) in [5.74, 6) is -0.376. The van der Waals surface area contributed by atoms with Crippen LogP contribution in [0.25, 0.3) is 0 Å². The molecule has 27 heavy (non-hydrogen) atoms. The fourth-order valence-corrected chi connectivity index (χ4v) is 2.52. The number of carbonyl (C=O) groups is 2. The Labute approximate surface area is 160 Å². The van der Waals surface area contributed by atoms with Crippen LogP contribution in [0.4, 0.5) is 11.4 Å². The van der Waals surface area contributed by atoms with Gasteiger partial charge in [0.2, 0.25) is 5.91 Å². The number of likely N-dealkylation sites (N-methyl/N-ethyl adjacent to an activating group) is 1. The summed E-state index contributed by atoms with van der Waals surface area (Å²) in [5, 5.41) is 0. The Morgan fingerprint density at radius 3 is 1.89 bits per heavy atom. The first-order valence-corrected chi connectivity index (χ1v) is 8.67. The molecule has 2 rings (SSSR count). The molecule has 0 saturated carbocycles. The average Bonchev–Trinajstić information content (AvgIpc) is 2.72. The minimum Gasteiger partial charge on any atom is -0.315 e. The van der Waals surface area contributed by atoms with E-state index in [-0.39, 0.29) is 18.2 Å². The summed E-state index contributed by atoms with van der Waals surface area (Å²) < 4.78 is 0. The van der Waals surface area contributed by atoms with Gasteiger partial charge in [0, 0.05) is 31.0 Å². The van der Waals surface area contributed by atoms with E-state index < -0.39 is 0 Å². The lowest BCUT2D eigenvalue weighted by Gasteiger charge is -2.21. The molecule has 0 heterocycles. The summed E-state index contributed by atoms with van der Waals surface area (Å²) >= 11 is 0. The molecule has 0 aromatic heterocycles. The quantitative estimate of drug-likeness (QED) is 0.543. The molecule has 0 atom stereocenters. The smallest absolute Gasteiger partial charge is 0.254 e. The van der Waals surface area contributed by atoms with Crippen molar-refractivity contribution in [2.75, 3.05) is 23.9 Å². The zero-order valence-electron chi connectivity index (χ0n) is 15.7. The number of allylic oxidation sites excluding steroid dienone is 4. The molecule has 0 spiro atoms. The predicted molar refractivity (Wildman–Crippen MR) is 112 cm³/mol. The monoisotopic (exact) mass is 360 g/mol. The van der Waals surface area contributed by atoms with Crippen LogP contribution < -0.4 is 9.80 Å². The fourth-order valence-electron chi connectivity index (χ4n) is 2.52. The van der Waals surface area contributed by atoms with E-state index in [9.17, 15) is 9.59 Å². The molecule has 2 aromatic carbocycles. The Bertz CT molecular complexity index is 839. The highest BCUT2D eigenvalue weighted by molar-refractivity contribution is 6.09. The summed E-state index contributed by atoms with van der Waals surface area (Å²) in [4.78, 5) is 28.8. The topological polar surface area (TPSA) is 40.6 Å². The van der Waals surface area contributed by atoms with Gasteiger partial charge in [-0.2, -0.15) is 0 Å². The van der Waals surface area contributed by atoms with Crippen molar-refractivity contribution in [3.05, 3.63) is 97.1 Å². The third-order valence-corrected chi connectivity index (χ3v) is 4.13.